The molecule has 0 heterocycles. The Balaban J connectivity index is 0.000000312. The first-order chi connectivity index (χ1) is 17.7. The fourth-order valence-electron chi connectivity index (χ4n) is 2.75. The molecule has 0 atom stereocenters. The molecule has 1 N–H and O–H groups in total. The molecular formula is C27H24O10. The van der Waals surface area contributed by atoms with Crippen molar-refractivity contribution in [2.75, 3.05) is 6.61 Å². The maximum Gasteiger partial charge on any atom is 0.344 e. The minimum absolute atomic E-state index is 0.0160. The van der Waals surface area contributed by atoms with E-state index < -0.39 is 36.5 Å². The van der Waals surface area contributed by atoms with Gasteiger partial charge in [-0.3, -0.25) is 9.59 Å². The number of hydrogen-bond acceptors (Lipinski definition) is 9. The Labute approximate surface area is 212 Å². The number of carboxylic acids is 1. The summed E-state index contributed by atoms with van der Waals surface area (Å²) in [6.45, 7) is 2.02. The molecule has 0 radical (unpaired) electrons. The van der Waals surface area contributed by atoms with Gasteiger partial charge in [-0.25, -0.2) is 14.4 Å². The summed E-state index contributed by atoms with van der Waals surface area (Å²) in [4.78, 5) is 55.8. The van der Waals surface area contributed by atoms with E-state index in [2.05, 4.69) is 4.74 Å². The smallest absolute Gasteiger partial charge is 0.344 e. The highest BCUT2D eigenvalue weighted by Crippen LogP contribution is 2.19. The molecule has 0 saturated carbocycles. The van der Waals surface area contributed by atoms with Crippen LogP contribution in [0.1, 0.15) is 40.1 Å². The second kappa shape index (κ2) is 14.4. The van der Waals surface area contributed by atoms with Gasteiger partial charge < -0.3 is 24.1 Å². The van der Waals surface area contributed by atoms with Crippen LogP contribution in [0.3, 0.4) is 0 Å². The highest BCUT2D eigenvalue weighted by molar-refractivity contribution is 5.94. The molecule has 0 amide bonds. The van der Waals surface area contributed by atoms with Gasteiger partial charge >= 0.3 is 29.8 Å². The van der Waals surface area contributed by atoms with E-state index in [9.17, 15) is 24.0 Å². The van der Waals surface area contributed by atoms with Crippen LogP contribution in [0.4, 0.5) is 0 Å². The van der Waals surface area contributed by atoms with E-state index in [1.54, 1.807) is 24.3 Å². The van der Waals surface area contributed by atoms with Gasteiger partial charge in [-0.2, -0.15) is 0 Å². The lowest BCUT2D eigenvalue weighted by atomic mass is 10.2. The normalized spacial score (nSPS) is 9.68. The van der Waals surface area contributed by atoms with Crippen LogP contribution in [-0.4, -0.2) is 41.6 Å². The Kier molecular flexibility index (Phi) is 11.0. The van der Waals surface area contributed by atoms with E-state index in [0.717, 1.165) is 5.56 Å². The van der Waals surface area contributed by atoms with Crippen molar-refractivity contribution in [3.63, 3.8) is 0 Å². The van der Waals surface area contributed by atoms with Crippen LogP contribution in [0.5, 0.6) is 11.5 Å². The number of aromatic carboxylic acids is 1. The van der Waals surface area contributed by atoms with Crippen LogP contribution in [-0.2, 0) is 30.5 Å². The Hall–Kier alpha value is -4.99. The zero-order chi connectivity index (χ0) is 27.2. The molecule has 0 aromatic heterocycles. The monoisotopic (exact) mass is 508 g/mol. The van der Waals surface area contributed by atoms with Crippen LogP contribution < -0.4 is 9.47 Å². The third-order valence-corrected chi connectivity index (χ3v) is 4.30. The lowest BCUT2D eigenvalue weighted by Crippen LogP contribution is -2.17. The maximum atomic E-state index is 12.0. The van der Waals surface area contributed by atoms with Gasteiger partial charge in [0.1, 0.15) is 29.2 Å². The minimum atomic E-state index is -1.11. The van der Waals surface area contributed by atoms with Crippen molar-refractivity contribution in [3.8, 4) is 11.5 Å². The van der Waals surface area contributed by atoms with Crippen molar-refractivity contribution >= 4 is 29.8 Å². The van der Waals surface area contributed by atoms with Gasteiger partial charge in [-0.1, -0.05) is 54.6 Å². The first-order valence-electron chi connectivity index (χ1n) is 10.8. The molecule has 10 nitrogen and oxygen atoms in total. The molecule has 37 heavy (non-hydrogen) atoms. The Morgan fingerprint density at radius 3 is 1.68 bits per heavy atom. The Bertz CT molecular complexity index is 1250. The summed E-state index contributed by atoms with van der Waals surface area (Å²) < 4.78 is 19.5. The van der Waals surface area contributed by atoms with Gasteiger partial charge in [0.2, 0.25) is 0 Å². The van der Waals surface area contributed by atoms with Gasteiger partial charge in [0.05, 0.1) is 0 Å². The minimum Gasteiger partial charge on any atom is -0.478 e. The predicted molar refractivity (Wildman–Crippen MR) is 129 cm³/mol. The maximum absolute atomic E-state index is 12.0. The van der Waals surface area contributed by atoms with E-state index >= 15 is 0 Å². The number of carboxylic acid groups (broad SMARTS) is 1. The predicted octanol–water partition coefficient (Wildman–Crippen LogP) is 3.82. The summed E-state index contributed by atoms with van der Waals surface area (Å²) in [5.41, 5.74) is 0.874. The molecule has 0 aliphatic carbocycles. The molecule has 0 aliphatic heterocycles. The Morgan fingerprint density at radius 2 is 1.14 bits per heavy atom. The molecule has 0 fully saturated rings. The standard InChI is InChI=1S/C18H16O6.C9H8O4/c1-13(19)24-16-10-6-5-9-15(16)18(21)23-12-17(20)22-11-14-7-3-2-4-8-14;1-6(10)13-8-5-3-2-4-7(8)9(11)12/h2-10H,11-12H2,1H3;2-5H,1H3,(H,11,12). The first kappa shape index (κ1) is 28.2. The number of rotatable bonds is 8. The molecule has 3 aromatic carbocycles. The van der Waals surface area contributed by atoms with Gasteiger partial charge in [0.25, 0.3) is 0 Å². The lowest BCUT2D eigenvalue weighted by Gasteiger charge is -2.09. The SMILES string of the molecule is CC(=O)Oc1ccccc1C(=O)O.CC(=O)Oc1ccccc1C(=O)OCC(=O)OCc1ccccc1. The van der Waals surface area contributed by atoms with Crippen molar-refractivity contribution < 1.29 is 48.0 Å². The van der Waals surface area contributed by atoms with E-state index in [4.69, 9.17) is 19.3 Å². The molecule has 3 rings (SSSR count). The van der Waals surface area contributed by atoms with Crippen LogP contribution in [0, 0.1) is 0 Å². The first-order valence-corrected chi connectivity index (χ1v) is 10.8. The zero-order valence-corrected chi connectivity index (χ0v) is 20.0. The van der Waals surface area contributed by atoms with Crippen molar-refractivity contribution in [1.82, 2.24) is 0 Å². The summed E-state index contributed by atoms with van der Waals surface area (Å²) in [5, 5.41) is 8.69. The quantitative estimate of drug-likeness (QED) is 0.352. The molecule has 3 aromatic rings. The van der Waals surface area contributed by atoms with Crippen molar-refractivity contribution in [1.29, 1.82) is 0 Å². The van der Waals surface area contributed by atoms with Crippen molar-refractivity contribution in [2.24, 2.45) is 0 Å². The van der Waals surface area contributed by atoms with Crippen LogP contribution in [0.15, 0.2) is 78.9 Å². The summed E-state index contributed by atoms with van der Waals surface area (Å²) in [6.07, 6.45) is 0. The largest absolute Gasteiger partial charge is 0.478 e. The van der Waals surface area contributed by atoms with Gasteiger partial charge in [0.15, 0.2) is 6.61 Å². The number of carbonyl (C=O) groups excluding carboxylic acids is 4. The number of esters is 4. The second-order valence-corrected chi connectivity index (χ2v) is 7.21. The third-order valence-electron chi connectivity index (χ3n) is 4.30. The summed E-state index contributed by atoms with van der Waals surface area (Å²) in [5.74, 6) is -3.50. The number of benzene rings is 3. The molecule has 0 aliphatic rings. The highest BCUT2D eigenvalue weighted by Gasteiger charge is 2.17. The number of carbonyl (C=O) groups is 5. The Morgan fingerprint density at radius 1 is 0.649 bits per heavy atom. The van der Waals surface area contributed by atoms with Gasteiger partial charge in [-0.15, -0.1) is 0 Å². The number of hydrogen-bond donors (Lipinski definition) is 1. The van der Waals surface area contributed by atoms with E-state index in [-0.39, 0.29) is 29.2 Å². The fraction of sp³-hybridized carbons (Fsp3) is 0.148. The lowest BCUT2D eigenvalue weighted by molar-refractivity contribution is -0.148. The van der Waals surface area contributed by atoms with Crippen molar-refractivity contribution in [3.05, 3.63) is 95.6 Å². The number of para-hydroxylation sites is 2. The highest BCUT2D eigenvalue weighted by atomic mass is 16.6. The number of ether oxygens (including phenoxy) is 4. The summed E-state index contributed by atoms with van der Waals surface area (Å²) in [7, 11) is 0. The molecule has 0 saturated heterocycles. The summed E-state index contributed by atoms with van der Waals surface area (Å²) >= 11 is 0. The van der Waals surface area contributed by atoms with E-state index in [1.165, 1.54) is 38.1 Å². The summed E-state index contributed by atoms with van der Waals surface area (Å²) in [6, 6.07) is 21.2. The molecule has 192 valence electrons. The zero-order valence-electron chi connectivity index (χ0n) is 20.0. The van der Waals surface area contributed by atoms with E-state index in [0.29, 0.717) is 0 Å². The van der Waals surface area contributed by atoms with Crippen LogP contribution in [0.2, 0.25) is 0 Å². The van der Waals surface area contributed by atoms with Gasteiger partial charge in [-0.05, 0) is 29.8 Å². The molecule has 10 heteroatoms. The van der Waals surface area contributed by atoms with Crippen molar-refractivity contribution in [2.45, 2.75) is 20.5 Å². The van der Waals surface area contributed by atoms with Gasteiger partial charge in [0, 0.05) is 13.8 Å². The topological polar surface area (TPSA) is 143 Å². The fourth-order valence-corrected chi connectivity index (χ4v) is 2.75. The average molecular weight is 508 g/mol. The molecule has 0 bridgehead atoms. The average Bonchev–Trinajstić information content (AvgIpc) is 2.87. The van der Waals surface area contributed by atoms with Crippen LogP contribution >= 0.6 is 0 Å². The molecule has 0 unspecified atom stereocenters. The second-order valence-electron chi connectivity index (χ2n) is 7.21. The molecular weight excluding hydrogens is 484 g/mol. The third kappa shape index (κ3) is 10.0. The molecule has 0 spiro atoms. The van der Waals surface area contributed by atoms with Crippen LogP contribution in [0.25, 0.3) is 0 Å². The van der Waals surface area contributed by atoms with E-state index in [1.807, 2.05) is 30.3 Å².